The van der Waals surface area contributed by atoms with Gasteiger partial charge in [-0.15, -0.1) is 23.2 Å². The fraction of sp³-hybridized carbons (Fsp3) is 0.364. The minimum Gasteiger partial charge on any atom is -0.456 e. The quantitative estimate of drug-likeness (QED) is 0.307. The molecule has 0 amide bonds. The van der Waals surface area contributed by atoms with Crippen molar-refractivity contribution in [2.45, 2.75) is 50.3 Å². The summed E-state index contributed by atoms with van der Waals surface area (Å²) < 4.78 is 5.85. The van der Waals surface area contributed by atoms with E-state index in [2.05, 4.69) is 0 Å². The van der Waals surface area contributed by atoms with Crippen molar-refractivity contribution < 1.29 is 14.0 Å². The molecule has 3 nitrogen and oxygen atoms in total. The summed E-state index contributed by atoms with van der Waals surface area (Å²) in [4.78, 5) is 24.8. The molecule has 0 aliphatic rings. The van der Waals surface area contributed by atoms with Crippen molar-refractivity contribution in [3.05, 3.63) is 47.5 Å². The number of rotatable bonds is 8. The van der Waals surface area contributed by atoms with Gasteiger partial charge in [-0.1, -0.05) is 0 Å². The fourth-order valence-electron chi connectivity index (χ4n) is 3.07. The number of halogens is 2. The lowest BCUT2D eigenvalue weighted by atomic mass is 10.0. The molecule has 2 unspecified atom stereocenters. The number of benzene rings is 2. The highest BCUT2D eigenvalue weighted by Gasteiger charge is 2.15. The Balaban J connectivity index is 1.94. The smallest absolute Gasteiger partial charge is 0.162 e. The van der Waals surface area contributed by atoms with Gasteiger partial charge >= 0.3 is 0 Å². The van der Waals surface area contributed by atoms with Crippen LogP contribution in [0.5, 0.6) is 0 Å². The minimum absolute atomic E-state index is 0.0308. The van der Waals surface area contributed by atoms with Crippen LogP contribution in [0.4, 0.5) is 0 Å². The summed E-state index contributed by atoms with van der Waals surface area (Å²) in [5.74, 6) is 0.115. The molecule has 0 aliphatic carbocycles. The van der Waals surface area contributed by atoms with Gasteiger partial charge in [0.05, 0.1) is 0 Å². The minimum atomic E-state index is -0.0308. The lowest BCUT2D eigenvalue weighted by molar-refractivity contribution is 0.0972. The van der Waals surface area contributed by atoms with Crippen molar-refractivity contribution in [2.75, 3.05) is 0 Å². The highest BCUT2D eigenvalue weighted by molar-refractivity contribution is 6.20. The Morgan fingerprint density at radius 3 is 1.59 bits per heavy atom. The summed E-state index contributed by atoms with van der Waals surface area (Å²) in [7, 11) is 0. The molecule has 0 saturated carbocycles. The molecule has 0 radical (unpaired) electrons. The highest BCUT2D eigenvalue weighted by Crippen LogP contribution is 2.31. The molecule has 142 valence electrons. The first kappa shape index (κ1) is 19.9. The number of alkyl halides is 2. The maximum absolute atomic E-state index is 12.4. The number of fused-ring (bicyclic) bond motifs is 3. The molecule has 0 saturated heterocycles. The molecular weight excluding hydrogens is 383 g/mol. The van der Waals surface area contributed by atoms with E-state index in [0.29, 0.717) is 48.0 Å². The van der Waals surface area contributed by atoms with Crippen LogP contribution in [0, 0.1) is 0 Å². The van der Waals surface area contributed by atoms with E-state index in [1.165, 1.54) is 0 Å². The van der Waals surface area contributed by atoms with Gasteiger partial charge in [-0.2, -0.15) is 0 Å². The maximum atomic E-state index is 12.4. The lowest BCUT2D eigenvalue weighted by Gasteiger charge is -2.04. The van der Waals surface area contributed by atoms with E-state index in [1.54, 1.807) is 12.1 Å². The first-order valence-electron chi connectivity index (χ1n) is 9.16. The van der Waals surface area contributed by atoms with E-state index in [1.807, 2.05) is 38.1 Å². The number of furan rings is 1. The molecule has 0 fully saturated rings. The first-order valence-corrected chi connectivity index (χ1v) is 10.0. The normalized spacial score (nSPS) is 13.8. The third-order valence-electron chi connectivity index (χ3n) is 4.65. The Morgan fingerprint density at radius 2 is 1.22 bits per heavy atom. The predicted octanol–water partition coefficient (Wildman–Crippen LogP) is 6.77. The topological polar surface area (TPSA) is 47.3 Å². The van der Waals surface area contributed by atoms with Crippen molar-refractivity contribution in [1.29, 1.82) is 0 Å². The van der Waals surface area contributed by atoms with Gasteiger partial charge < -0.3 is 4.42 Å². The molecule has 2 atom stereocenters. The van der Waals surface area contributed by atoms with Gasteiger partial charge in [0.1, 0.15) is 11.2 Å². The number of Topliss-reactive ketones (excluding diaryl/α,β-unsaturated/α-hetero) is 2. The summed E-state index contributed by atoms with van der Waals surface area (Å²) in [6.07, 6.45) is 2.10. The van der Waals surface area contributed by atoms with Crippen molar-refractivity contribution >= 4 is 56.7 Å². The van der Waals surface area contributed by atoms with Crippen molar-refractivity contribution in [2.24, 2.45) is 0 Å². The van der Waals surface area contributed by atoms with Crippen molar-refractivity contribution in [1.82, 2.24) is 0 Å². The molecule has 5 heteroatoms. The molecule has 27 heavy (non-hydrogen) atoms. The molecule has 1 aromatic heterocycles. The highest BCUT2D eigenvalue weighted by atomic mass is 35.5. The summed E-state index contributed by atoms with van der Waals surface area (Å²) in [6, 6.07) is 10.9. The van der Waals surface area contributed by atoms with Crippen molar-refractivity contribution in [3.63, 3.8) is 0 Å². The Bertz CT molecular complexity index is 908. The van der Waals surface area contributed by atoms with Crippen LogP contribution in [-0.4, -0.2) is 22.3 Å². The molecule has 3 aromatic rings. The molecule has 2 aromatic carbocycles. The Morgan fingerprint density at radius 1 is 0.815 bits per heavy atom. The molecule has 0 spiro atoms. The maximum Gasteiger partial charge on any atom is 0.162 e. The van der Waals surface area contributed by atoms with E-state index in [9.17, 15) is 9.59 Å². The molecule has 0 N–H and O–H groups in total. The van der Waals surface area contributed by atoms with E-state index >= 15 is 0 Å². The zero-order valence-electron chi connectivity index (χ0n) is 15.4. The van der Waals surface area contributed by atoms with Crippen LogP contribution in [0.1, 0.15) is 60.2 Å². The van der Waals surface area contributed by atoms with E-state index in [-0.39, 0.29) is 22.3 Å². The van der Waals surface area contributed by atoms with Crippen LogP contribution in [0.2, 0.25) is 0 Å². The largest absolute Gasteiger partial charge is 0.456 e. The van der Waals surface area contributed by atoms with E-state index < -0.39 is 0 Å². The third kappa shape index (κ3) is 4.72. The molecule has 0 aliphatic heterocycles. The Labute approximate surface area is 168 Å². The van der Waals surface area contributed by atoms with Gasteiger partial charge in [-0.25, -0.2) is 0 Å². The summed E-state index contributed by atoms with van der Waals surface area (Å²) >= 11 is 11.9. The summed E-state index contributed by atoms with van der Waals surface area (Å²) in [6.45, 7) is 3.76. The summed E-state index contributed by atoms with van der Waals surface area (Å²) in [5, 5.41) is 1.62. The van der Waals surface area contributed by atoms with Gasteiger partial charge in [0, 0.05) is 45.5 Å². The average Bonchev–Trinajstić information content (AvgIpc) is 3.01. The molecule has 0 bridgehead atoms. The van der Waals surface area contributed by atoms with Crippen LogP contribution in [0.25, 0.3) is 21.9 Å². The van der Waals surface area contributed by atoms with E-state index in [4.69, 9.17) is 27.6 Å². The second-order valence-corrected chi connectivity index (χ2v) is 8.50. The zero-order chi connectivity index (χ0) is 19.6. The van der Waals surface area contributed by atoms with Gasteiger partial charge in [0.25, 0.3) is 0 Å². The lowest BCUT2D eigenvalue weighted by Crippen LogP contribution is -2.02. The van der Waals surface area contributed by atoms with Gasteiger partial charge in [0.15, 0.2) is 11.6 Å². The SMILES string of the molecule is CC(Cl)CCC(=O)c1ccc2oc3ccc(C(=O)CCC(C)Cl)cc3c2c1. The van der Waals surface area contributed by atoms with Gasteiger partial charge in [-0.05, 0) is 63.1 Å². The predicted molar refractivity (Wildman–Crippen MR) is 111 cm³/mol. The van der Waals surface area contributed by atoms with Crippen molar-refractivity contribution in [3.8, 4) is 0 Å². The van der Waals surface area contributed by atoms with Crippen LogP contribution in [0.3, 0.4) is 0 Å². The molecule has 3 rings (SSSR count). The number of hydrogen-bond acceptors (Lipinski definition) is 3. The fourth-order valence-corrected chi connectivity index (χ4v) is 3.29. The third-order valence-corrected chi connectivity index (χ3v) is 5.09. The van der Waals surface area contributed by atoms with Crippen LogP contribution in [0.15, 0.2) is 40.8 Å². The zero-order valence-corrected chi connectivity index (χ0v) is 16.9. The standard InChI is InChI=1S/C22H22Cl2O3/c1-13(23)3-7-19(25)15-5-9-21-17(11-15)18-12-16(6-10-22(18)27-21)20(26)8-4-14(2)24/h5-6,9-14H,3-4,7-8H2,1-2H3. The number of ketones is 2. The monoisotopic (exact) mass is 404 g/mol. The number of carbonyl (C=O) groups is 2. The van der Waals surface area contributed by atoms with Crippen LogP contribution in [-0.2, 0) is 0 Å². The Kier molecular flexibility index (Phi) is 6.23. The Hall–Kier alpha value is -1.84. The second kappa shape index (κ2) is 8.45. The molecular formula is C22H22Cl2O3. The van der Waals surface area contributed by atoms with E-state index in [0.717, 1.165) is 10.8 Å². The first-order chi connectivity index (χ1) is 12.8. The number of hydrogen-bond donors (Lipinski definition) is 0. The van der Waals surface area contributed by atoms with Gasteiger partial charge in [0.2, 0.25) is 0 Å². The average molecular weight is 405 g/mol. The second-order valence-electron chi connectivity index (χ2n) is 7.01. The van der Waals surface area contributed by atoms with Crippen LogP contribution < -0.4 is 0 Å². The summed E-state index contributed by atoms with van der Waals surface area (Å²) in [5.41, 5.74) is 2.67. The molecule has 1 heterocycles. The van der Waals surface area contributed by atoms with Gasteiger partial charge in [-0.3, -0.25) is 9.59 Å². The number of carbonyl (C=O) groups excluding carboxylic acids is 2. The van der Waals surface area contributed by atoms with Crippen LogP contribution >= 0.6 is 23.2 Å².